The molecule has 316 valence electrons. The van der Waals surface area contributed by atoms with E-state index in [9.17, 15) is 0 Å². The molecular formula is C63H54N2. The second-order valence-corrected chi connectivity index (χ2v) is 17.8. The molecule has 65 heavy (non-hydrogen) atoms. The number of fused-ring (bicyclic) bond motifs is 4. The molecule has 0 unspecified atom stereocenters. The summed E-state index contributed by atoms with van der Waals surface area (Å²) in [6, 6.07) is 75.7. The molecule has 0 N–H and O–H groups in total. The number of hydrogen-bond acceptors (Lipinski definition) is 1. The van der Waals surface area contributed by atoms with Crippen LogP contribution in [-0.4, -0.2) is 4.57 Å². The van der Waals surface area contributed by atoms with Crippen molar-refractivity contribution in [3.63, 3.8) is 0 Å². The zero-order valence-electron chi connectivity index (χ0n) is 37.1. The van der Waals surface area contributed by atoms with E-state index in [2.05, 4.69) is 216 Å². The lowest BCUT2D eigenvalue weighted by molar-refractivity contribution is 0.662. The smallest absolute Gasteiger partial charge is 0.0541 e. The number of rotatable bonds is 8. The zero-order chi connectivity index (χ0) is 43.5. The Hall–Kier alpha value is -7.42. The van der Waals surface area contributed by atoms with Gasteiger partial charge in [-0.25, -0.2) is 0 Å². The summed E-state index contributed by atoms with van der Waals surface area (Å²) in [5.74, 6) is 0. The largest absolute Gasteiger partial charge is 0.311 e. The Balaban J connectivity index is 1.01. The summed E-state index contributed by atoms with van der Waals surface area (Å²) in [5.41, 5.74) is 21.9. The number of benzene rings is 8. The van der Waals surface area contributed by atoms with Gasteiger partial charge in [0.25, 0.3) is 0 Å². The molecule has 0 bridgehead atoms. The van der Waals surface area contributed by atoms with E-state index >= 15 is 0 Å². The highest BCUT2D eigenvalue weighted by atomic mass is 15.1. The van der Waals surface area contributed by atoms with Gasteiger partial charge in [0, 0.05) is 33.5 Å². The average Bonchev–Trinajstić information content (AvgIpc) is 3.71. The molecule has 11 rings (SSSR count). The molecule has 2 nitrogen and oxygen atoms in total. The van der Waals surface area contributed by atoms with Crippen molar-refractivity contribution in [1.29, 1.82) is 0 Å². The lowest BCUT2D eigenvalue weighted by Gasteiger charge is -2.29. The van der Waals surface area contributed by atoms with Gasteiger partial charge < -0.3 is 9.47 Å². The first-order chi connectivity index (χ1) is 32.2. The maximum absolute atomic E-state index is 4.87. The summed E-state index contributed by atoms with van der Waals surface area (Å²) in [6.07, 6.45) is 10.3. The number of anilines is 3. The van der Waals surface area contributed by atoms with E-state index in [4.69, 9.17) is 6.58 Å². The molecule has 1 aromatic heterocycles. The second-order valence-electron chi connectivity index (χ2n) is 17.8. The Morgan fingerprint density at radius 2 is 0.785 bits per heavy atom. The standard InChI is InChI=1S/C63H54N2/c1-45-18-6-2-13-25-56(51-36-43-62-60(44-51)58-27-16-17-29-61(58)65(62)52-23-11-5-12-24-52)57-26-14-15-28-59(57)63(45)50-34-41-55(42-35-50)64(53-37-30-48(31-38-53)46-19-7-3-8-20-46)54-39-32-49(33-40-54)47-21-9-4-10-22-47/h3-5,7-12,16-17,19-24,27,29-44H,1-2,6,13-15,18,25-26,28H2/b57-56+,63-59+. The molecule has 0 saturated heterocycles. The fraction of sp³-hybridized carbons (Fsp3) is 0.143. The minimum absolute atomic E-state index is 1.03. The maximum atomic E-state index is 4.87. The first kappa shape index (κ1) is 40.4. The third-order valence-corrected chi connectivity index (χ3v) is 13.8. The van der Waals surface area contributed by atoms with Crippen molar-refractivity contribution in [2.75, 3.05) is 4.90 Å². The van der Waals surface area contributed by atoms with Gasteiger partial charge in [0.2, 0.25) is 0 Å². The van der Waals surface area contributed by atoms with Gasteiger partial charge in [-0.15, -0.1) is 0 Å². The molecule has 1 heterocycles. The van der Waals surface area contributed by atoms with Crippen LogP contribution in [0.5, 0.6) is 0 Å². The van der Waals surface area contributed by atoms with Crippen molar-refractivity contribution in [1.82, 2.24) is 4.57 Å². The van der Waals surface area contributed by atoms with E-state index in [0.717, 1.165) is 49.2 Å². The van der Waals surface area contributed by atoms with Crippen molar-refractivity contribution >= 4 is 50.0 Å². The van der Waals surface area contributed by atoms with Gasteiger partial charge in [0.05, 0.1) is 11.0 Å². The first-order valence-electron chi connectivity index (χ1n) is 23.6. The summed E-state index contributed by atoms with van der Waals surface area (Å²) in [5, 5.41) is 2.63. The van der Waals surface area contributed by atoms with E-state index in [0.29, 0.717) is 0 Å². The molecule has 0 atom stereocenters. The highest BCUT2D eigenvalue weighted by Crippen LogP contribution is 2.46. The van der Waals surface area contributed by atoms with E-state index in [1.807, 2.05) is 0 Å². The lowest BCUT2D eigenvalue weighted by Crippen LogP contribution is -2.10. The topological polar surface area (TPSA) is 8.17 Å². The number of aromatic nitrogens is 1. The zero-order valence-corrected chi connectivity index (χ0v) is 37.1. The van der Waals surface area contributed by atoms with Crippen molar-refractivity contribution in [3.8, 4) is 27.9 Å². The average molecular weight is 839 g/mol. The Labute approximate surface area is 384 Å². The molecule has 0 aliphatic heterocycles. The number of allylic oxidation sites excluding steroid dienone is 5. The van der Waals surface area contributed by atoms with Crippen LogP contribution in [0.2, 0.25) is 0 Å². The minimum atomic E-state index is 1.03. The molecule has 1 saturated carbocycles. The van der Waals surface area contributed by atoms with E-state index < -0.39 is 0 Å². The van der Waals surface area contributed by atoms with Gasteiger partial charge in [0.15, 0.2) is 0 Å². The Morgan fingerprint density at radius 3 is 1.40 bits per heavy atom. The fourth-order valence-corrected chi connectivity index (χ4v) is 10.6. The fourth-order valence-electron chi connectivity index (χ4n) is 10.6. The Bertz CT molecular complexity index is 3100. The van der Waals surface area contributed by atoms with Crippen molar-refractivity contribution in [3.05, 3.63) is 241 Å². The van der Waals surface area contributed by atoms with Gasteiger partial charge in [-0.1, -0.05) is 153 Å². The quantitative estimate of drug-likeness (QED) is 0.148. The summed E-state index contributed by atoms with van der Waals surface area (Å²) in [7, 11) is 0. The number of nitrogens with zero attached hydrogens (tertiary/aromatic N) is 2. The maximum Gasteiger partial charge on any atom is 0.0541 e. The Kier molecular flexibility index (Phi) is 11.2. The third kappa shape index (κ3) is 7.95. The summed E-state index contributed by atoms with van der Waals surface area (Å²) >= 11 is 0. The predicted octanol–water partition coefficient (Wildman–Crippen LogP) is 17.9. The van der Waals surface area contributed by atoms with Crippen LogP contribution in [0.25, 0.3) is 60.9 Å². The van der Waals surface area contributed by atoms with E-state index in [1.165, 1.54) is 109 Å². The molecule has 2 aliphatic carbocycles. The molecule has 2 aliphatic rings. The van der Waals surface area contributed by atoms with Gasteiger partial charge in [-0.2, -0.15) is 0 Å². The van der Waals surface area contributed by atoms with Crippen LogP contribution in [0.4, 0.5) is 17.1 Å². The lowest BCUT2D eigenvalue weighted by atomic mass is 9.76. The first-order valence-corrected chi connectivity index (χ1v) is 23.6. The van der Waals surface area contributed by atoms with Gasteiger partial charge >= 0.3 is 0 Å². The van der Waals surface area contributed by atoms with Crippen molar-refractivity contribution in [2.45, 2.75) is 57.8 Å². The van der Waals surface area contributed by atoms with Crippen LogP contribution < -0.4 is 4.90 Å². The van der Waals surface area contributed by atoms with Gasteiger partial charge in [-0.3, -0.25) is 0 Å². The van der Waals surface area contributed by atoms with Crippen LogP contribution in [0, 0.1) is 0 Å². The minimum Gasteiger partial charge on any atom is -0.311 e. The molecule has 0 spiro atoms. The van der Waals surface area contributed by atoms with Gasteiger partial charge in [0.1, 0.15) is 0 Å². The molecule has 9 aromatic rings. The summed E-state index contributed by atoms with van der Waals surface area (Å²) in [4.78, 5) is 2.39. The molecule has 0 amide bonds. The van der Waals surface area contributed by atoms with Crippen LogP contribution in [0.1, 0.15) is 68.9 Å². The Morgan fingerprint density at radius 1 is 0.338 bits per heavy atom. The molecule has 2 heteroatoms. The highest BCUT2D eigenvalue weighted by Gasteiger charge is 2.25. The molecule has 0 radical (unpaired) electrons. The summed E-state index contributed by atoms with van der Waals surface area (Å²) < 4.78 is 2.43. The number of hydrogen-bond donors (Lipinski definition) is 0. The van der Waals surface area contributed by atoms with Crippen molar-refractivity contribution in [2.24, 2.45) is 0 Å². The highest BCUT2D eigenvalue weighted by molar-refractivity contribution is 6.10. The molecular weight excluding hydrogens is 785 g/mol. The monoisotopic (exact) mass is 838 g/mol. The normalized spacial score (nSPS) is 17.0. The van der Waals surface area contributed by atoms with Crippen LogP contribution in [-0.2, 0) is 0 Å². The van der Waals surface area contributed by atoms with Crippen LogP contribution in [0.15, 0.2) is 230 Å². The van der Waals surface area contributed by atoms with E-state index in [-0.39, 0.29) is 0 Å². The SMILES string of the molecule is C=C1CCCCC/C(c2ccc3c(c2)c2ccccc2n3-c2ccccc2)=C2/CCCC/C2=C/1c1ccc(N(c2ccc(-c3ccccc3)cc2)c2ccc(-c3ccccc3)cc2)cc1. The van der Waals surface area contributed by atoms with Crippen LogP contribution >= 0.6 is 0 Å². The molecule has 1 fully saturated rings. The second kappa shape index (κ2) is 18.0. The van der Waals surface area contributed by atoms with E-state index in [1.54, 1.807) is 5.57 Å². The third-order valence-electron chi connectivity index (χ3n) is 13.8. The van der Waals surface area contributed by atoms with Gasteiger partial charge in [-0.05, 0) is 179 Å². The summed E-state index contributed by atoms with van der Waals surface area (Å²) in [6.45, 7) is 4.87. The number of para-hydroxylation sites is 2. The predicted molar refractivity (Wildman–Crippen MR) is 277 cm³/mol. The van der Waals surface area contributed by atoms with Crippen LogP contribution in [0.3, 0.4) is 0 Å². The van der Waals surface area contributed by atoms with Crippen molar-refractivity contribution < 1.29 is 0 Å². The molecule has 8 aromatic carbocycles.